The van der Waals surface area contributed by atoms with Crippen LogP contribution in [0.15, 0.2) is 0 Å². The Morgan fingerprint density at radius 1 is 1.60 bits per heavy atom. The average molecular weight is 237 g/mol. The Morgan fingerprint density at radius 3 is 2.60 bits per heavy atom. The van der Waals surface area contributed by atoms with Crippen LogP contribution in [0.1, 0.15) is 20.3 Å². The lowest BCUT2D eigenvalue weighted by atomic mass is 9.92. The van der Waals surface area contributed by atoms with Crippen molar-refractivity contribution < 1.29 is 9.53 Å². The predicted octanol–water partition coefficient (Wildman–Crippen LogP) is 0.640. The third kappa shape index (κ3) is 3.33. The highest BCUT2D eigenvalue weighted by atomic mass is 35.5. The van der Waals surface area contributed by atoms with Crippen molar-refractivity contribution >= 4 is 18.3 Å². The molecule has 1 rings (SSSR count). The molecule has 1 aliphatic rings. The van der Waals surface area contributed by atoms with Gasteiger partial charge in [0.15, 0.2) is 0 Å². The molecule has 5 heteroatoms. The zero-order valence-corrected chi connectivity index (χ0v) is 10.5. The van der Waals surface area contributed by atoms with Crippen LogP contribution in [0.4, 0.5) is 0 Å². The molecular weight excluding hydrogens is 216 g/mol. The number of hydrogen-bond acceptors (Lipinski definition) is 3. The summed E-state index contributed by atoms with van der Waals surface area (Å²) in [6.45, 7) is 5.66. The van der Waals surface area contributed by atoms with Crippen molar-refractivity contribution in [3.05, 3.63) is 0 Å². The second kappa shape index (κ2) is 5.68. The first-order chi connectivity index (χ1) is 6.51. The summed E-state index contributed by atoms with van der Waals surface area (Å²) in [5.74, 6) is 0.138. The molecule has 0 unspecified atom stereocenters. The number of methoxy groups -OCH3 is 1. The fourth-order valence-electron chi connectivity index (χ4n) is 1.62. The van der Waals surface area contributed by atoms with Gasteiger partial charge in [-0.25, -0.2) is 0 Å². The summed E-state index contributed by atoms with van der Waals surface area (Å²) in [7, 11) is 1.69. The molecule has 1 heterocycles. The van der Waals surface area contributed by atoms with Crippen LogP contribution < -0.4 is 5.73 Å². The number of nitrogens with two attached hydrogens (primary N) is 1. The van der Waals surface area contributed by atoms with Crippen LogP contribution in [0.3, 0.4) is 0 Å². The summed E-state index contributed by atoms with van der Waals surface area (Å²) in [6.07, 6.45) is 1.13. The van der Waals surface area contributed by atoms with Gasteiger partial charge in [-0.15, -0.1) is 12.4 Å². The van der Waals surface area contributed by atoms with Crippen molar-refractivity contribution in [3.63, 3.8) is 0 Å². The lowest BCUT2D eigenvalue weighted by Gasteiger charge is -2.27. The Labute approximate surface area is 97.5 Å². The van der Waals surface area contributed by atoms with E-state index in [1.807, 2.05) is 18.7 Å². The molecule has 1 atom stereocenters. The van der Waals surface area contributed by atoms with Gasteiger partial charge in [0.1, 0.15) is 0 Å². The molecule has 0 saturated carbocycles. The zero-order valence-electron chi connectivity index (χ0n) is 9.66. The fourth-order valence-corrected chi connectivity index (χ4v) is 1.62. The standard InChI is InChI=1S/C10H20N2O2.ClH/c1-10(2,7-11)9(13)12-5-4-8(6-12)14-3;/h8H,4-7,11H2,1-3H3;1H/t8-;/m1./s1. The Balaban J connectivity index is 0.00000196. The van der Waals surface area contributed by atoms with Gasteiger partial charge in [-0.1, -0.05) is 0 Å². The Hall–Kier alpha value is -0.320. The SMILES string of the molecule is CO[C@@H]1CCN(C(=O)C(C)(C)CN)C1.Cl. The highest BCUT2D eigenvalue weighted by Gasteiger charge is 2.34. The number of carbonyl (C=O) groups is 1. The first-order valence-electron chi connectivity index (χ1n) is 5.03. The molecule has 2 N–H and O–H groups in total. The normalized spacial score (nSPS) is 21.3. The average Bonchev–Trinajstić information content (AvgIpc) is 2.64. The monoisotopic (exact) mass is 236 g/mol. The maximum Gasteiger partial charge on any atom is 0.229 e. The van der Waals surface area contributed by atoms with E-state index in [-0.39, 0.29) is 24.4 Å². The molecule has 0 aromatic heterocycles. The molecule has 0 radical (unpaired) electrons. The summed E-state index contributed by atoms with van der Waals surface area (Å²) in [5.41, 5.74) is 5.12. The Bertz CT molecular complexity index is 221. The second-order valence-corrected chi connectivity index (χ2v) is 4.49. The second-order valence-electron chi connectivity index (χ2n) is 4.49. The molecule has 15 heavy (non-hydrogen) atoms. The molecule has 1 fully saturated rings. The highest BCUT2D eigenvalue weighted by molar-refractivity contribution is 5.85. The van der Waals surface area contributed by atoms with Gasteiger partial charge in [-0.2, -0.15) is 0 Å². The number of ether oxygens (including phenoxy) is 1. The van der Waals surface area contributed by atoms with E-state index in [4.69, 9.17) is 10.5 Å². The predicted molar refractivity (Wildman–Crippen MR) is 62.1 cm³/mol. The number of carbonyl (C=O) groups excluding carboxylic acids is 1. The number of nitrogens with zero attached hydrogens (tertiary/aromatic N) is 1. The van der Waals surface area contributed by atoms with Gasteiger partial charge in [-0.3, -0.25) is 4.79 Å². The van der Waals surface area contributed by atoms with Crippen molar-refractivity contribution in [2.75, 3.05) is 26.7 Å². The molecule has 1 aliphatic heterocycles. The zero-order chi connectivity index (χ0) is 10.8. The van der Waals surface area contributed by atoms with Crippen molar-refractivity contribution in [1.29, 1.82) is 0 Å². The maximum absolute atomic E-state index is 11.9. The molecule has 1 saturated heterocycles. The van der Waals surface area contributed by atoms with Gasteiger partial charge in [-0.05, 0) is 20.3 Å². The molecule has 0 aromatic rings. The molecule has 0 bridgehead atoms. The fraction of sp³-hybridized carbons (Fsp3) is 0.900. The van der Waals surface area contributed by atoms with Crippen LogP contribution in [-0.4, -0.2) is 43.7 Å². The van der Waals surface area contributed by atoms with Crippen molar-refractivity contribution in [1.82, 2.24) is 4.90 Å². The Morgan fingerprint density at radius 2 is 2.20 bits per heavy atom. The van der Waals surface area contributed by atoms with Crippen molar-refractivity contribution in [2.45, 2.75) is 26.4 Å². The molecule has 4 nitrogen and oxygen atoms in total. The summed E-state index contributed by atoms with van der Waals surface area (Å²) in [4.78, 5) is 13.8. The first kappa shape index (κ1) is 14.7. The topological polar surface area (TPSA) is 55.6 Å². The van der Waals surface area contributed by atoms with Crippen molar-refractivity contribution in [3.8, 4) is 0 Å². The highest BCUT2D eigenvalue weighted by Crippen LogP contribution is 2.21. The summed E-state index contributed by atoms with van der Waals surface area (Å²) in [6, 6.07) is 0. The number of rotatable bonds is 3. The van der Waals surface area contributed by atoms with Gasteiger partial charge >= 0.3 is 0 Å². The van der Waals surface area contributed by atoms with E-state index in [1.54, 1.807) is 7.11 Å². The maximum atomic E-state index is 11.9. The number of halogens is 1. The summed E-state index contributed by atoms with van der Waals surface area (Å²) >= 11 is 0. The quantitative estimate of drug-likeness (QED) is 0.783. The summed E-state index contributed by atoms with van der Waals surface area (Å²) < 4.78 is 5.21. The molecule has 0 aromatic carbocycles. The first-order valence-corrected chi connectivity index (χ1v) is 5.03. The van der Waals surface area contributed by atoms with E-state index in [1.165, 1.54) is 0 Å². The largest absolute Gasteiger partial charge is 0.380 e. The molecule has 1 amide bonds. The van der Waals surface area contributed by atoms with Crippen LogP contribution in [-0.2, 0) is 9.53 Å². The van der Waals surface area contributed by atoms with Crippen molar-refractivity contribution in [2.24, 2.45) is 11.1 Å². The molecule has 90 valence electrons. The summed E-state index contributed by atoms with van der Waals surface area (Å²) in [5, 5.41) is 0. The number of likely N-dealkylation sites (tertiary alicyclic amines) is 1. The van der Waals surface area contributed by atoms with Gasteiger partial charge < -0.3 is 15.4 Å². The van der Waals surface area contributed by atoms with Crippen LogP contribution in [0.2, 0.25) is 0 Å². The van der Waals surface area contributed by atoms with E-state index in [0.29, 0.717) is 13.1 Å². The smallest absolute Gasteiger partial charge is 0.229 e. The minimum absolute atomic E-state index is 0. The molecular formula is C10H21ClN2O2. The number of hydrogen-bond donors (Lipinski definition) is 1. The molecule has 0 spiro atoms. The van der Waals surface area contributed by atoms with Gasteiger partial charge in [0.2, 0.25) is 5.91 Å². The minimum Gasteiger partial charge on any atom is -0.380 e. The van der Waals surface area contributed by atoms with Crippen LogP contribution in [0, 0.1) is 5.41 Å². The number of amides is 1. The van der Waals surface area contributed by atoms with E-state index in [9.17, 15) is 4.79 Å². The lowest BCUT2D eigenvalue weighted by molar-refractivity contribution is -0.139. The lowest BCUT2D eigenvalue weighted by Crippen LogP contribution is -2.44. The van der Waals surface area contributed by atoms with Gasteiger partial charge in [0.05, 0.1) is 11.5 Å². The molecule has 0 aliphatic carbocycles. The van der Waals surface area contributed by atoms with Gasteiger partial charge in [0, 0.05) is 26.7 Å². The van der Waals surface area contributed by atoms with Gasteiger partial charge in [0.25, 0.3) is 0 Å². The third-order valence-electron chi connectivity index (χ3n) is 2.85. The third-order valence-corrected chi connectivity index (χ3v) is 2.85. The Kier molecular flexibility index (Phi) is 5.56. The van der Waals surface area contributed by atoms with Crippen LogP contribution in [0.5, 0.6) is 0 Å². The van der Waals surface area contributed by atoms with E-state index in [0.717, 1.165) is 13.0 Å². The van der Waals surface area contributed by atoms with E-state index >= 15 is 0 Å². The van der Waals surface area contributed by atoms with Crippen LogP contribution >= 0.6 is 12.4 Å². The van der Waals surface area contributed by atoms with E-state index < -0.39 is 5.41 Å². The van der Waals surface area contributed by atoms with E-state index in [2.05, 4.69) is 0 Å². The van der Waals surface area contributed by atoms with Crippen LogP contribution in [0.25, 0.3) is 0 Å². The minimum atomic E-state index is -0.442.